The molecule has 0 saturated carbocycles. The first-order valence-corrected chi connectivity index (χ1v) is 4.60. The first-order valence-electron chi connectivity index (χ1n) is 4.23. The largest absolute Gasteiger partial charge is 0.410 e. The molecule has 0 aromatic carbocycles. The number of ether oxygens (including phenoxy) is 1. The lowest BCUT2D eigenvalue weighted by Crippen LogP contribution is -2.07. The van der Waals surface area contributed by atoms with Gasteiger partial charge in [0.2, 0.25) is 11.0 Å². The van der Waals surface area contributed by atoms with Gasteiger partial charge in [-0.2, -0.15) is 0 Å². The number of rotatable bonds is 6. The second-order valence-electron chi connectivity index (χ2n) is 2.63. The van der Waals surface area contributed by atoms with Crippen LogP contribution in [0.4, 0.5) is 5.82 Å². The Kier molecular flexibility index (Phi) is 4.85. The Bertz CT molecular complexity index is 328. The molecule has 84 valence electrons. The second-order valence-corrected chi connectivity index (χ2v) is 2.98. The van der Waals surface area contributed by atoms with Gasteiger partial charge >= 0.3 is 0 Å². The van der Waals surface area contributed by atoms with Crippen LogP contribution < -0.4 is 5.32 Å². The molecule has 0 aliphatic heterocycles. The Labute approximate surface area is 91.0 Å². The molecule has 0 aliphatic rings. The van der Waals surface area contributed by atoms with Gasteiger partial charge in [0.15, 0.2) is 5.69 Å². The summed E-state index contributed by atoms with van der Waals surface area (Å²) in [5, 5.41) is 21.0. The highest BCUT2D eigenvalue weighted by Gasteiger charge is 2.14. The van der Waals surface area contributed by atoms with Crippen molar-refractivity contribution in [1.82, 2.24) is 10.3 Å². The highest BCUT2D eigenvalue weighted by molar-refractivity contribution is 6.69. The molecular formula is C7H11ClN4O3. The third-order valence-corrected chi connectivity index (χ3v) is 1.84. The van der Waals surface area contributed by atoms with Crippen molar-refractivity contribution in [3.05, 3.63) is 5.69 Å². The summed E-state index contributed by atoms with van der Waals surface area (Å²) in [6, 6.07) is 0. The van der Waals surface area contributed by atoms with Crippen molar-refractivity contribution in [3.63, 3.8) is 0 Å². The molecule has 0 amide bonds. The summed E-state index contributed by atoms with van der Waals surface area (Å²) in [5.41, 5.74) is 0.177. The monoisotopic (exact) mass is 234 g/mol. The number of halogens is 1. The molecule has 1 rings (SSSR count). The zero-order chi connectivity index (χ0) is 11.1. The van der Waals surface area contributed by atoms with Gasteiger partial charge in [0, 0.05) is 20.3 Å². The van der Waals surface area contributed by atoms with E-state index in [0.29, 0.717) is 19.0 Å². The number of hydrogen-bond acceptors (Lipinski definition) is 7. The molecule has 0 atom stereocenters. The van der Waals surface area contributed by atoms with Gasteiger partial charge in [-0.1, -0.05) is 16.8 Å². The third-order valence-electron chi connectivity index (χ3n) is 1.59. The zero-order valence-corrected chi connectivity index (χ0v) is 8.86. The summed E-state index contributed by atoms with van der Waals surface area (Å²) in [6.07, 6.45) is 0.802. The Morgan fingerprint density at radius 2 is 2.47 bits per heavy atom. The smallest absolute Gasteiger partial charge is 0.201 e. The van der Waals surface area contributed by atoms with E-state index in [9.17, 15) is 0 Å². The Balaban J connectivity index is 2.50. The van der Waals surface area contributed by atoms with E-state index in [1.807, 2.05) is 0 Å². The lowest BCUT2D eigenvalue weighted by molar-refractivity contribution is 0.197. The van der Waals surface area contributed by atoms with Crippen molar-refractivity contribution in [1.29, 1.82) is 0 Å². The molecule has 1 heterocycles. The van der Waals surface area contributed by atoms with E-state index >= 15 is 0 Å². The normalized spacial score (nSPS) is 11.7. The molecule has 2 N–H and O–H groups in total. The zero-order valence-electron chi connectivity index (χ0n) is 8.10. The number of anilines is 1. The molecule has 0 fully saturated rings. The van der Waals surface area contributed by atoms with E-state index in [0.717, 1.165) is 6.42 Å². The molecule has 8 heteroatoms. The number of methoxy groups -OCH3 is 1. The molecule has 1 aromatic rings. The molecule has 1 aromatic heterocycles. The molecule has 0 aliphatic carbocycles. The van der Waals surface area contributed by atoms with Crippen LogP contribution in [0.3, 0.4) is 0 Å². The molecule has 0 unspecified atom stereocenters. The maximum Gasteiger partial charge on any atom is 0.201 e. The fraction of sp³-hybridized carbons (Fsp3) is 0.571. The summed E-state index contributed by atoms with van der Waals surface area (Å²) < 4.78 is 9.33. The maximum atomic E-state index is 8.44. The van der Waals surface area contributed by atoms with Gasteiger partial charge in [0.25, 0.3) is 0 Å². The molecule has 0 spiro atoms. The van der Waals surface area contributed by atoms with Crippen LogP contribution in [0.25, 0.3) is 0 Å². The van der Waals surface area contributed by atoms with E-state index in [4.69, 9.17) is 21.5 Å². The van der Waals surface area contributed by atoms with Crippen molar-refractivity contribution in [2.45, 2.75) is 6.42 Å². The minimum atomic E-state index is -0.175. The topological polar surface area (TPSA) is 92.8 Å². The van der Waals surface area contributed by atoms with Crippen LogP contribution >= 0.6 is 11.6 Å². The first-order chi connectivity index (χ1) is 7.29. The number of nitrogens with zero attached hydrogens (tertiary/aromatic N) is 3. The lowest BCUT2D eigenvalue weighted by Gasteiger charge is -2.01. The third kappa shape index (κ3) is 3.37. The summed E-state index contributed by atoms with van der Waals surface area (Å²) in [5.74, 6) is 0.342. The maximum absolute atomic E-state index is 8.44. The Morgan fingerprint density at radius 3 is 3.13 bits per heavy atom. The van der Waals surface area contributed by atoms with Crippen molar-refractivity contribution < 1.29 is 14.6 Å². The van der Waals surface area contributed by atoms with E-state index in [-0.39, 0.29) is 10.9 Å². The SMILES string of the molecule is COCCCNc1nonc1/C(Cl)=N/O. The van der Waals surface area contributed by atoms with E-state index < -0.39 is 0 Å². The van der Waals surface area contributed by atoms with Gasteiger partial charge in [-0.3, -0.25) is 0 Å². The lowest BCUT2D eigenvalue weighted by atomic mass is 10.4. The Morgan fingerprint density at radius 1 is 1.67 bits per heavy atom. The summed E-state index contributed by atoms with van der Waals surface area (Å²) in [6.45, 7) is 1.26. The number of oxime groups is 1. The average molecular weight is 235 g/mol. The highest BCUT2D eigenvalue weighted by atomic mass is 35.5. The molecule has 7 nitrogen and oxygen atoms in total. The van der Waals surface area contributed by atoms with Crippen LogP contribution in [0.15, 0.2) is 9.78 Å². The van der Waals surface area contributed by atoms with Crippen LogP contribution in [0.2, 0.25) is 0 Å². The number of nitrogens with one attached hydrogen (secondary N) is 1. The van der Waals surface area contributed by atoms with E-state index in [1.54, 1.807) is 7.11 Å². The van der Waals surface area contributed by atoms with Gasteiger partial charge in [0.05, 0.1) is 0 Å². The van der Waals surface area contributed by atoms with Gasteiger partial charge < -0.3 is 15.3 Å². The molecular weight excluding hydrogens is 224 g/mol. The summed E-state index contributed by atoms with van der Waals surface area (Å²) >= 11 is 5.55. The summed E-state index contributed by atoms with van der Waals surface area (Å²) in [7, 11) is 1.62. The first kappa shape index (κ1) is 11.7. The molecule has 0 radical (unpaired) electrons. The predicted molar refractivity (Wildman–Crippen MR) is 53.5 cm³/mol. The van der Waals surface area contributed by atoms with Crippen LogP contribution in [-0.2, 0) is 4.74 Å². The van der Waals surface area contributed by atoms with Crippen LogP contribution in [0, 0.1) is 0 Å². The van der Waals surface area contributed by atoms with Gasteiger partial charge in [-0.15, -0.1) is 0 Å². The van der Waals surface area contributed by atoms with Crippen LogP contribution in [-0.4, -0.2) is 41.0 Å². The fourth-order valence-electron chi connectivity index (χ4n) is 0.911. The van der Waals surface area contributed by atoms with E-state index in [1.165, 1.54) is 0 Å². The van der Waals surface area contributed by atoms with Crippen molar-refractivity contribution >= 4 is 22.6 Å². The molecule has 15 heavy (non-hydrogen) atoms. The van der Waals surface area contributed by atoms with Crippen molar-refractivity contribution in [3.8, 4) is 0 Å². The molecule has 0 bridgehead atoms. The van der Waals surface area contributed by atoms with Gasteiger partial charge in [0.1, 0.15) is 0 Å². The fourth-order valence-corrected chi connectivity index (χ4v) is 1.03. The molecule has 0 saturated heterocycles. The van der Waals surface area contributed by atoms with E-state index in [2.05, 4.69) is 25.4 Å². The minimum Gasteiger partial charge on any atom is -0.410 e. The van der Waals surface area contributed by atoms with Crippen LogP contribution in [0.1, 0.15) is 12.1 Å². The standard InChI is InChI=1S/C7H11ClN4O3/c1-14-4-2-3-9-7-5(6(8)10-13)11-15-12-7/h13H,2-4H2,1H3,(H,9,12)/b10-6-. The van der Waals surface area contributed by atoms with Crippen molar-refractivity contribution in [2.75, 3.05) is 25.6 Å². The van der Waals surface area contributed by atoms with Crippen LogP contribution in [0.5, 0.6) is 0 Å². The predicted octanol–water partition coefficient (Wildman–Crippen LogP) is 0.893. The van der Waals surface area contributed by atoms with Gasteiger partial charge in [-0.05, 0) is 16.7 Å². The van der Waals surface area contributed by atoms with Gasteiger partial charge in [-0.25, -0.2) is 4.63 Å². The quantitative estimate of drug-likeness (QED) is 0.329. The van der Waals surface area contributed by atoms with Crippen molar-refractivity contribution in [2.24, 2.45) is 5.16 Å². The average Bonchev–Trinajstić information content (AvgIpc) is 2.71. The number of hydrogen-bond donors (Lipinski definition) is 2. The highest BCUT2D eigenvalue weighted by Crippen LogP contribution is 2.12. The summed E-state index contributed by atoms with van der Waals surface area (Å²) in [4.78, 5) is 0. The Hall–Kier alpha value is -1.34. The number of aromatic nitrogens is 2. The second kappa shape index (κ2) is 6.20. The minimum absolute atomic E-state index is 0.175.